The van der Waals surface area contributed by atoms with E-state index in [0.717, 1.165) is 0 Å². The van der Waals surface area contributed by atoms with Gasteiger partial charge in [-0.15, -0.1) is 20.2 Å². The Kier molecular flexibility index (Phi) is 5.91. The smallest absolute Gasteiger partial charge is 0.329 e. The van der Waals surface area contributed by atoms with Crippen LogP contribution in [0.25, 0.3) is 0 Å². The quantitative estimate of drug-likeness (QED) is 0.446. The first-order valence-corrected chi connectivity index (χ1v) is 3.97. The molecule has 0 heterocycles. The minimum Gasteiger partial charge on any atom is -0.508 e. The number of phenolic OH excluding ortho intramolecular Hbond substituents is 1. The largest absolute Gasteiger partial charge is 0.508 e. The maximum atomic E-state index is 10.6. The van der Waals surface area contributed by atoms with Gasteiger partial charge in [0.15, 0.2) is 0 Å². The summed E-state index contributed by atoms with van der Waals surface area (Å²) in [6.07, 6.45) is 0. The van der Waals surface area contributed by atoms with Gasteiger partial charge < -0.3 is 5.11 Å². The van der Waals surface area contributed by atoms with E-state index in [1.165, 1.54) is 0 Å². The molecule has 1 rings (SSSR count). The molecule has 1 aromatic rings. The zero-order valence-corrected chi connectivity index (χ0v) is 11.2. The minimum atomic E-state index is -1.38. The molecule has 0 bridgehead atoms. The maximum absolute atomic E-state index is 10.6. The summed E-state index contributed by atoms with van der Waals surface area (Å²) < 4.78 is 0. The van der Waals surface area contributed by atoms with E-state index in [0.29, 0.717) is 12.1 Å². The molecule has 13 heteroatoms. The Balaban J connectivity index is 0.00000324. The summed E-state index contributed by atoms with van der Waals surface area (Å²) in [4.78, 5) is 37.3. The van der Waals surface area contributed by atoms with Crippen molar-refractivity contribution in [2.24, 2.45) is 0 Å². The summed E-state index contributed by atoms with van der Waals surface area (Å²) in [5, 5.41) is 37.2. The van der Waals surface area contributed by atoms with Crippen LogP contribution in [0.3, 0.4) is 0 Å². The number of aromatic hydroxyl groups is 1. The molecule has 0 aliphatic rings. The van der Waals surface area contributed by atoms with Gasteiger partial charge in [0.25, 0.3) is 10.2 Å². The van der Waals surface area contributed by atoms with Crippen molar-refractivity contribution >= 4 is 35.2 Å². The summed E-state index contributed by atoms with van der Waals surface area (Å²) in [7, 11) is 0. The second-order valence-corrected chi connectivity index (χ2v) is 2.68. The molecule has 0 atom stereocenters. The summed E-state index contributed by atoms with van der Waals surface area (Å²) >= 11 is 0. The van der Waals surface area contributed by atoms with Crippen LogP contribution in [0.5, 0.6) is 17.2 Å². The van der Waals surface area contributed by atoms with Crippen molar-refractivity contribution in [3.05, 3.63) is 42.5 Å². The average molecular weight is 284 g/mol. The molecule has 1 N–H and O–H groups in total. The van der Waals surface area contributed by atoms with Crippen LogP contribution in [0, 0.1) is 30.3 Å². The van der Waals surface area contributed by atoms with E-state index < -0.39 is 38.0 Å². The predicted molar refractivity (Wildman–Crippen MR) is 55.8 cm³/mol. The molecule has 97 valence electrons. The van der Waals surface area contributed by atoms with Gasteiger partial charge in [0.2, 0.25) is 11.5 Å². The van der Waals surface area contributed by atoms with Crippen LogP contribution in [-0.4, -0.2) is 49.8 Å². The molecule has 0 fully saturated rings. The van der Waals surface area contributed by atoms with Crippen molar-refractivity contribution in [2.75, 3.05) is 0 Å². The van der Waals surface area contributed by atoms with Crippen LogP contribution in [0.4, 0.5) is 5.69 Å². The normalized spacial score (nSPS) is 9.05. The van der Waals surface area contributed by atoms with Gasteiger partial charge in [-0.2, -0.15) is 0 Å². The molecule has 0 spiro atoms. The Bertz CT molecular complexity index is 496. The Labute approximate surface area is 125 Å². The van der Waals surface area contributed by atoms with Gasteiger partial charge in [0.05, 0.1) is 4.92 Å². The Hall–Kier alpha value is -2.18. The summed E-state index contributed by atoms with van der Waals surface area (Å²) in [5.41, 5.74) is -1.15. The first kappa shape index (κ1) is 16.8. The van der Waals surface area contributed by atoms with Crippen LogP contribution in [0.1, 0.15) is 0 Å². The molecule has 0 amide bonds. The third kappa shape index (κ3) is 4.53. The van der Waals surface area contributed by atoms with Crippen molar-refractivity contribution in [1.82, 2.24) is 0 Å². The zero-order chi connectivity index (χ0) is 13.9. The monoisotopic (exact) mass is 284 g/mol. The summed E-state index contributed by atoms with van der Waals surface area (Å²) in [6, 6.07) is 1.10. The van der Waals surface area contributed by atoms with Gasteiger partial charge in [-0.25, -0.2) is 0 Å². The number of phenols is 1. The molecule has 19 heavy (non-hydrogen) atoms. The number of nitrogens with zero attached hydrogens (tertiary/aromatic N) is 3. The second-order valence-electron chi connectivity index (χ2n) is 2.68. The van der Waals surface area contributed by atoms with E-state index in [9.17, 15) is 30.3 Å². The summed E-state index contributed by atoms with van der Waals surface area (Å²) in [5.74, 6) is -2.74. The minimum absolute atomic E-state index is 0. The third-order valence-corrected chi connectivity index (χ3v) is 1.55. The molecule has 0 aromatic heterocycles. The fourth-order valence-corrected chi connectivity index (χ4v) is 1.05. The van der Waals surface area contributed by atoms with Crippen molar-refractivity contribution in [3.8, 4) is 17.2 Å². The molecule has 0 saturated heterocycles. The van der Waals surface area contributed by atoms with Gasteiger partial charge in [-0.05, 0) is 0 Å². The van der Waals surface area contributed by atoms with Crippen molar-refractivity contribution in [3.63, 3.8) is 0 Å². The molecular weight excluding hydrogens is 281 g/mol. The number of nitro benzene ring substituents is 1. The van der Waals surface area contributed by atoms with Crippen molar-refractivity contribution in [1.29, 1.82) is 0 Å². The first-order chi connectivity index (χ1) is 8.31. The van der Waals surface area contributed by atoms with Crippen LogP contribution in [-0.2, 0) is 0 Å². The molecule has 12 nitrogen and oxygen atoms in total. The Morgan fingerprint density at radius 2 is 1.32 bits per heavy atom. The number of benzene rings is 1. The van der Waals surface area contributed by atoms with Gasteiger partial charge in [0.1, 0.15) is 5.75 Å². The number of nitro groups is 1. The van der Waals surface area contributed by atoms with Crippen LogP contribution < -0.4 is 9.68 Å². The molecular formula is C6H3N3NaO9. The van der Waals surface area contributed by atoms with E-state index in [1.807, 2.05) is 0 Å². The zero-order valence-electron chi connectivity index (χ0n) is 9.21. The van der Waals surface area contributed by atoms with Crippen molar-refractivity contribution < 1.29 is 29.9 Å². The molecule has 0 aliphatic carbocycles. The van der Waals surface area contributed by atoms with Crippen LogP contribution >= 0.6 is 0 Å². The van der Waals surface area contributed by atoms with Crippen molar-refractivity contribution in [2.45, 2.75) is 0 Å². The second kappa shape index (κ2) is 6.67. The molecule has 1 aromatic carbocycles. The fourth-order valence-electron chi connectivity index (χ4n) is 1.05. The maximum Gasteiger partial charge on any atom is 0.329 e. The number of hydrogen-bond donors (Lipinski definition) is 1. The first-order valence-electron chi connectivity index (χ1n) is 3.97. The third-order valence-electron chi connectivity index (χ3n) is 1.55. The van der Waals surface area contributed by atoms with Gasteiger partial charge in [0, 0.05) is 41.7 Å². The molecule has 0 aliphatic heterocycles. The topological polar surface area (TPSA) is 168 Å². The predicted octanol–water partition coefficient (Wildman–Crippen LogP) is 0.0606. The molecule has 0 unspecified atom stereocenters. The SMILES string of the molecule is O=[N+]([O-])Oc1cc(O)cc(O[N+](=O)[O-])c1[N+](=O)[O-].[Na]. The molecule has 0 saturated carbocycles. The Morgan fingerprint density at radius 3 is 1.58 bits per heavy atom. The summed E-state index contributed by atoms with van der Waals surface area (Å²) in [6.45, 7) is 0. The van der Waals surface area contributed by atoms with Crippen LogP contribution in [0.15, 0.2) is 12.1 Å². The van der Waals surface area contributed by atoms with E-state index in [4.69, 9.17) is 5.11 Å². The number of hydrogen-bond acceptors (Lipinski definition) is 9. The Morgan fingerprint density at radius 1 is 0.947 bits per heavy atom. The van der Waals surface area contributed by atoms with E-state index in [2.05, 4.69) is 9.68 Å². The van der Waals surface area contributed by atoms with E-state index >= 15 is 0 Å². The average Bonchev–Trinajstić information content (AvgIpc) is 2.12. The number of rotatable bonds is 5. The van der Waals surface area contributed by atoms with Crippen LogP contribution in [0.2, 0.25) is 0 Å². The van der Waals surface area contributed by atoms with E-state index in [-0.39, 0.29) is 29.6 Å². The van der Waals surface area contributed by atoms with Gasteiger partial charge >= 0.3 is 5.69 Å². The van der Waals surface area contributed by atoms with E-state index in [1.54, 1.807) is 0 Å². The fraction of sp³-hybridized carbons (Fsp3) is 0. The molecule has 1 radical (unpaired) electrons. The van der Waals surface area contributed by atoms with Gasteiger partial charge in [-0.3, -0.25) is 19.8 Å². The van der Waals surface area contributed by atoms with Gasteiger partial charge in [-0.1, -0.05) is 0 Å². The standard InChI is InChI=1S/C6H3N3O9.Na/c10-3-1-4(17-8(13)14)6(7(11)12)5(2-3)18-9(15)16;/h1-2,10H;.